The van der Waals surface area contributed by atoms with Crippen molar-refractivity contribution in [2.45, 2.75) is 31.8 Å². The molecule has 6 heteroatoms. The van der Waals surface area contributed by atoms with E-state index < -0.39 is 0 Å². The lowest BCUT2D eigenvalue weighted by atomic mass is 10.1. The molecule has 1 saturated carbocycles. The Morgan fingerprint density at radius 2 is 2.22 bits per heavy atom. The van der Waals surface area contributed by atoms with Gasteiger partial charge in [0.05, 0.1) is 19.3 Å². The third kappa shape index (κ3) is 4.72. The van der Waals surface area contributed by atoms with Gasteiger partial charge in [0, 0.05) is 25.1 Å². The van der Waals surface area contributed by atoms with Crippen molar-refractivity contribution in [3.63, 3.8) is 0 Å². The Labute approximate surface area is 114 Å². The van der Waals surface area contributed by atoms with Gasteiger partial charge in [0.1, 0.15) is 0 Å². The number of carbonyl (C=O) groups excluding carboxylic acids is 1. The Balaban J connectivity index is 0.00000162. The van der Waals surface area contributed by atoms with Crippen LogP contribution in [0.25, 0.3) is 0 Å². The van der Waals surface area contributed by atoms with Gasteiger partial charge in [-0.25, -0.2) is 0 Å². The van der Waals surface area contributed by atoms with E-state index in [0.29, 0.717) is 13.1 Å². The minimum absolute atomic E-state index is 0. The highest BCUT2D eigenvalue weighted by molar-refractivity contribution is 5.85. The fourth-order valence-corrected chi connectivity index (χ4v) is 2.07. The summed E-state index contributed by atoms with van der Waals surface area (Å²) in [5.74, 6) is 0.00252. The van der Waals surface area contributed by atoms with Crippen LogP contribution in [-0.4, -0.2) is 50.0 Å². The second-order valence-corrected chi connectivity index (χ2v) is 5.20. The molecule has 0 aromatic heterocycles. The molecule has 1 heterocycles. The van der Waals surface area contributed by atoms with Crippen LogP contribution in [0.15, 0.2) is 0 Å². The molecule has 1 atom stereocenters. The average Bonchev–Trinajstić information content (AvgIpc) is 2.95. The third-order valence-electron chi connectivity index (χ3n) is 3.63. The van der Waals surface area contributed by atoms with E-state index in [4.69, 9.17) is 9.84 Å². The fraction of sp³-hybridized carbons (Fsp3) is 0.917. The number of rotatable bonds is 7. The molecular weight excluding hydrogens is 256 g/mol. The Kier molecular flexibility index (Phi) is 6.35. The predicted molar refractivity (Wildman–Crippen MR) is 70.9 cm³/mol. The molecule has 1 unspecified atom stereocenters. The minimum Gasteiger partial charge on any atom is -0.396 e. The highest BCUT2D eigenvalue weighted by Gasteiger charge is 2.41. The maximum absolute atomic E-state index is 11.5. The monoisotopic (exact) mass is 278 g/mol. The molecule has 1 saturated heterocycles. The van der Waals surface area contributed by atoms with Gasteiger partial charge in [0.25, 0.3) is 0 Å². The van der Waals surface area contributed by atoms with Crippen LogP contribution in [0.3, 0.4) is 0 Å². The van der Waals surface area contributed by atoms with Crippen molar-refractivity contribution in [2.75, 3.05) is 32.8 Å². The predicted octanol–water partition coefficient (Wildman–Crippen LogP) is 0.0655. The zero-order valence-corrected chi connectivity index (χ0v) is 11.4. The van der Waals surface area contributed by atoms with Crippen molar-refractivity contribution >= 4 is 18.3 Å². The summed E-state index contributed by atoms with van der Waals surface area (Å²) in [7, 11) is 0. The summed E-state index contributed by atoms with van der Waals surface area (Å²) in [4.78, 5) is 11.5. The molecule has 0 aromatic carbocycles. The van der Waals surface area contributed by atoms with Crippen LogP contribution in [0.2, 0.25) is 0 Å². The molecule has 18 heavy (non-hydrogen) atoms. The standard InChI is InChI=1S/C12H22N2O3.ClH/c15-9-12(3-4-12)8-14-11(16)7-13-6-10-2-1-5-17-10;/h10,13,15H,1-9H2,(H,14,16);1H. The number of halogens is 1. The number of ether oxygens (including phenoxy) is 1. The molecule has 2 rings (SSSR count). The molecule has 1 aliphatic heterocycles. The van der Waals surface area contributed by atoms with E-state index in [1.54, 1.807) is 0 Å². The second-order valence-electron chi connectivity index (χ2n) is 5.20. The van der Waals surface area contributed by atoms with Crippen LogP contribution < -0.4 is 10.6 Å². The second kappa shape index (κ2) is 7.28. The number of aliphatic hydroxyl groups is 1. The van der Waals surface area contributed by atoms with Gasteiger partial charge in [-0.3, -0.25) is 4.79 Å². The maximum atomic E-state index is 11.5. The lowest BCUT2D eigenvalue weighted by Gasteiger charge is -2.14. The van der Waals surface area contributed by atoms with Gasteiger partial charge in [0.15, 0.2) is 0 Å². The lowest BCUT2D eigenvalue weighted by Crippen LogP contribution is -2.40. The Bertz CT molecular complexity index is 266. The van der Waals surface area contributed by atoms with Crippen LogP contribution in [-0.2, 0) is 9.53 Å². The van der Waals surface area contributed by atoms with Gasteiger partial charge in [-0.1, -0.05) is 0 Å². The van der Waals surface area contributed by atoms with Gasteiger partial charge < -0.3 is 20.5 Å². The molecular formula is C12H23ClN2O3. The first kappa shape index (κ1) is 15.7. The van der Waals surface area contributed by atoms with Gasteiger partial charge >= 0.3 is 0 Å². The summed E-state index contributed by atoms with van der Waals surface area (Å²) in [6.07, 6.45) is 4.52. The van der Waals surface area contributed by atoms with E-state index in [-0.39, 0.29) is 36.4 Å². The molecule has 2 aliphatic rings. The van der Waals surface area contributed by atoms with E-state index in [1.165, 1.54) is 0 Å². The first-order valence-corrected chi connectivity index (χ1v) is 6.44. The van der Waals surface area contributed by atoms with Crippen LogP contribution in [0, 0.1) is 5.41 Å². The average molecular weight is 279 g/mol. The summed E-state index contributed by atoms with van der Waals surface area (Å²) in [5.41, 5.74) is -0.00970. The van der Waals surface area contributed by atoms with Crippen LogP contribution in [0.5, 0.6) is 0 Å². The number of nitrogens with one attached hydrogen (secondary N) is 2. The molecule has 1 amide bonds. The third-order valence-corrected chi connectivity index (χ3v) is 3.63. The Morgan fingerprint density at radius 1 is 1.44 bits per heavy atom. The van der Waals surface area contributed by atoms with E-state index in [1.807, 2.05) is 0 Å². The van der Waals surface area contributed by atoms with Crippen molar-refractivity contribution < 1.29 is 14.6 Å². The molecule has 5 nitrogen and oxygen atoms in total. The first-order valence-electron chi connectivity index (χ1n) is 6.44. The van der Waals surface area contributed by atoms with E-state index in [0.717, 1.165) is 38.8 Å². The highest BCUT2D eigenvalue weighted by Crippen LogP contribution is 2.44. The summed E-state index contributed by atoms with van der Waals surface area (Å²) in [6, 6.07) is 0. The number of aliphatic hydroxyl groups excluding tert-OH is 1. The molecule has 3 N–H and O–H groups in total. The first-order chi connectivity index (χ1) is 8.24. The topological polar surface area (TPSA) is 70.6 Å². The van der Waals surface area contributed by atoms with E-state index in [2.05, 4.69) is 10.6 Å². The molecule has 1 aliphatic carbocycles. The quantitative estimate of drug-likeness (QED) is 0.616. The van der Waals surface area contributed by atoms with Crippen molar-refractivity contribution in [1.82, 2.24) is 10.6 Å². The van der Waals surface area contributed by atoms with Crippen molar-refractivity contribution in [3.8, 4) is 0 Å². The summed E-state index contributed by atoms with van der Waals surface area (Å²) < 4.78 is 5.45. The summed E-state index contributed by atoms with van der Waals surface area (Å²) >= 11 is 0. The molecule has 0 spiro atoms. The molecule has 2 fully saturated rings. The molecule has 0 bridgehead atoms. The molecule has 0 radical (unpaired) electrons. The summed E-state index contributed by atoms with van der Waals surface area (Å²) in [6.45, 7) is 2.71. The number of hydrogen-bond acceptors (Lipinski definition) is 4. The normalized spacial score (nSPS) is 24.4. The van der Waals surface area contributed by atoms with Gasteiger partial charge in [-0.05, 0) is 25.7 Å². The van der Waals surface area contributed by atoms with Gasteiger partial charge in [0.2, 0.25) is 5.91 Å². The largest absolute Gasteiger partial charge is 0.396 e. The van der Waals surface area contributed by atoms with Crippen LogP contribution in [0.1, 0.15) is 25.7 Å². The maximum Gasteiger partial charge on any atom is 0.233 e. The van der Waals surface area contributed by atoms with Crippen molar-refractivity contribution in [3.05, 3.63) is 0 Å². The Hall–Kier alpha value is -0.360. The van der Waals surface area contributed by atoms with E-state index in [9.17, 15) is 4.79 Å². The van der Waals surface area contributed by atoms with Crippen molar-refractivity contribution in [2.24, 2.45) is 5.41 Å². The zero-order chi connectivity index (χ0) is 12.1. The number of hydrogen-bond donors (Lipinski definition) is 3. The lowest BCUT2D eigenvalue weighted by molar-refractivity contribution is -0.120. The van der Waals surface area contributed by atoms with Gasteiger partial charge in [-0.15, -0.1) is 12.4 Å². The minimum atomic E-state index is -0.00970. The van der Waals surface area contributed by atoms with Crippen molar-refractivity contribution in [1.29, 1.82) is 0 Å². The molecule has 0 aromatic rings. The molecule has 106 valence electrons. The smallest absolute Gasteiger partial charge is 0.233 e. The highest BCUT2D eigenvalue weighted by atomic mass is 35.5. The SMILES string of the molecule is Cl.O=C(CNCC1CCCO1)NCC1(CO)CC1. The van der Waals surface area contributed by atoms with E-state index >= 15 is 0 Å². The summed E-state index contributed by atoms with van der Waals surface area (Å²) in [5, 5.41) is 15.1. The number of amides is 1. The fourth-order valence-electron chi connectivity index (χ4n) is 2.07. The zero-order valence-electron chi connectivity index (χ0n) is 10.6. The van der Waals surface area contributed by atoms with Crippen LogP contribution in [0.4, 0.5) is 0 Å². The van der Waals surface area contributed by atoms with Crippen LogP contribution >= 0.6 is 12.4 Å². The van der Waals surface area contributed by atoms with Gasteiger partial charge in [-0.2, -0.15) is 0 Å². The number of carbonyl (C=O) groups is 1. The Morgan fingerprint density at radius 3 is 2.78 bits per heavy atom.